The zero-order valence-electron chi connectivity index (χ0n) is 15.8. The minimum Gasteiger partial charge on any atom is -0.388 e. The topological polar surface area (TPSA) is 78.4 Å². The maximum atomic E-state index is 12.1. The first kappa shape index (κ1) is 19.1. The van der Waals surface area contributed by atoms with Gasteiger partial charge in [0.2, 0.25) is 0 Å². The molecule has 1 aliphatic carbocycles. The highest BCUT2D eigenvalue weighted by atomic mass is 16.3. The maximum absolute atomic E-state index is 12.1. The summed E-state index contributed by atoms with van der Waals surface area (Å²) >= 11 is 0. The van der Waals surface area contributed by atoms with E-state index < -0.39 is 17.4 Å². The van der Waals surface area contributed by atoms with Crippen LogP contribution in [-0.4, -0.2) is 29.1 Å². The van der Waals surface area contributed by atoms with Crippen molar-refractivity contribution in [3.8, 4) is 0 Å². The van der Waals surface area contributed by atoms with Gasteiger partial charge in [0.15, 0.2) is 0 Å². The zero-order valence-corrected chi connectivity index (χ0v) is 15.8. The minimum absolute atomic E-state index is 0.0554. The molecule has 0 aliphatic heterocycles. The summed E-state index contributed by atoms with van der Waals surface area (Å²) in [5, 5.41) is 15.9. The van der Waals surface area contributed by atoms with Crippen molar-refractivity contribution in [1.82, 2.24) is 5.32 Å². The van der Waals surface area contributed by atoms with Crippen LogP contribution < -0.4 is 10.6 Å². The Hall–Kier alpha value is -2.66. The lowest BCUT2D eigenvalue weighted by Gasteiger charge is -2.33. The van der Waals surface area contributed by atoms with Crippen LogP contribution >= 0.6 is 0 Å². The van der Waals surface area contributed by atoms with E-state index in [-0.39, 0.29) is 6.54 Å². The van der Waals surface area contributed by atoms with E-state index >= 15 is 0 Å². The molecule has 0 saturated heterocycles. The number of amides is 2. The molecule has 0 fully saturated rings. The van der Waals surface area contributed by atoms with E-state index in [2.05, 4.69) is 30.5 Å². The van der Waals surface area contributed by atoms with Crippen LogP contribution in [0.4, 0.5) is 5.69 Å². The molecule has 0 heterocycles. The molecule has 0 spiro atoms. The Bertz CT molecular complexity index is 830. The molecule has 1 atom stereocenters. The largest absolute Gasteiger partial charge is 0.388 e. The molecule has 0 aromatic heterocycles. The highest BCUT2D eigenvalue weighted by Crippen LogP contribution is 2.28. The quantitative estimate of drug-likeness (QED) is 0.728. The van der Waals surface area contributed by atoms with Crippen LogP contribution in [0.2, 0.25) is 0 Å². The lowest BCUT2D eigenvalue weighted by molar-refractivity contribution is -0.136. The van der Waals surface area contributed by atoms with Gasteiger partial charge in [-0.3, -0.25) is 9.59 Å². The molecule has 0 bridgehead atoms. The number of hydrogen-bond acceptors (Lipinski definition) is 3. The summed E-state index contributed by atoms with van der Waals surface area (Å²) in [6.07, 6.45) is 1.79. The molecular weight excluding hydrogens is 340 g/mol. The van der Waals surface area contributed by atoms with Crippen molar-refractivity contribution in [2.45, 2.75) is 44.6 Å². The Morgan fingerprint density at radius 2 is 1.70 bits per heavy atom. The van der Waals surface area contributed by atoms with Gasteiger partial charge >= 0.3 is 11.8 Å². The van der Waals surface area contributed by atoms with Crippen molar-refractivity contribution in [3.63, 3.8) is 0 Å². The average molecular weight is 366 g/mol. The van der Waals surface area contributed by atoms with Crippen molar-refractivity contribution >= 4 is 17.5 Å². The number of carbonyl (C=O) groups is 2. The summed E-state index contributed by atoms with van der Waals surface area (Å²) < 4.78 is 0. The molecule has 5 heteroatoms. The molecular formula is C22H26N2O3. The number of carbonyl (C=O) groups excluding carboxylic acids is 2. The molecule has 142 valence electrons. The number of fused-ring (bicyclic) bond motifs is 1. The van der Waals surface area contributed by atoms with Gasteiger partial charge in [-0.1, -0.05) is 50.2 Å². The van der Waals surface area contributed by atoms with E-state index in [9.17, 15) is 14.7 Å². The second-order valence-electron chi connectivity index (χ2n) is 7.58. The van der Waals surface area contributed by atoms with Crippen LogP contribution in [0.1, 0.15) is 42.9 Å². The summed E-state index contributed by atoms with van der Waals surface area (Å²) in [4.78, 5) is 24.2. The monoisotopic (exact) mass is 366 g/mol. The highest BCUT2D eigenvalue weighted by molar-refractivity contribution is 6.39. The molecule has 3 N–H and O–H groups in total. The number of anilines is 1. The average Bonchev–Trinajstić information content (AvgIpc) is 2.66. The summed E-state index contributed by atoms with van der Waals surface area (Å²) in [7, 11) is 0. The van der Waals surface area contributed by atoms with Crippen LogP contribution in [-0.2, 0) is 22.4 Å². The second-order valence-corrected chi connectivity index (χ2v) is 7.58. The lowest BCUT2D eigenvalue weighted by atomic mass is 9.80. The number of nitrogens with one attached hydrogen (secondary N) is 2. The second kappa shape index (κ2) is 7.92. The van der Waals surface area contributed by atoms with Gasteiger partial charge in [0.05, 0.1) is 5.60 Å². The van der Waals surface area contributed by atoms with E-state index in [4.69, 9.17) is 0 Å². The summed E-state index contributed by atoms with van der Waals surface area (Å²) in [6.45, 7) is 4.24. The molecule has 2 amide bonds. The van der Waals surface area contributed by atoms with E-state index in [1.807, 2.05) is 30.3 Å². The van der Waals surface area contributed by atoms with E-state index in [1.54, 1.807) is 12.1 Å². The Morgan fingerprint density at radius 3 is 2.37 bits per heavy atom. The molecule has 1 aliphatic rings. The van der Waals surface area contributed by atoms with Gasteiger partial charge in [-0.05, 0) is 47.6 Å². The van der Waals surface area contributed by atoms with Gasteiger partial charge in [-0.15, -0.1) is 0 Å². The van der Waals surface area contributed by atoms with Gasteiger partial charge in [-0.2, -0.15) is 0 Å². The summed E-state index contributed by atoms with van der Waals surface area (Å²) in [5.74, 6) is -1.07. The normalized spacial score (nSPS) is 18.7. The number of benzene rings is 2. The van der Waals surface area contributed by atoms with Crippen molar-refractivity contribution in [2.24, 2.45) is 0 Å². The van der Waals surface area contributed by atoms with Crippen molar-refractivity contribution in [1.29, 1.82) is 0 Å². The molecule has 0 radical (unpaired) electrons. The minimum atomic E-state index is -1.02. The molecule has 0 saturated carbocycles. The van der Waals surface area contributed by atoms with Crippen LogP contribution in [0.25, 0.3) is 0 Å². The summed E-state index contributed by atoms with van der Waals surface area (Å²) in [5.41, 5.74) is 3.04. The predicted molar refractivity (Wildman–Crippen MR) is 106 cm³/mol. The third-order valence-corrected chi connectivity index (χ3v) is 5.12. The predicted octanol–water partition coefficient (Wildman–Crippen LogP) is 2.78. The maximum Gasteiger partial charge on any atom is 0.313 e. The Morgan fingerprint density at radius 1 is 1.04 bits per heavy atom. The van der Waals surface area contributed by atoms with Gasteiger partial charge in [-0.25, -0.2) is 0 Å². The smallest absolute Gasteiger partial charge is 0.313 e. The first-order valence-electron chi connectivity index (χ1n) is 9.35. The summed E-state index contributed by atoms with van der Waals surface area (Å²) in [6, 6.07) is 15.4. The lowest BCUT2D eigenvalue weighted by Crippen LogP contribution is -2.49. The fourth-order valence-electron chi connectivity index (χ4n) is 3.40. The Kier molecular flexibility index (Phi) is 5.61. The SMILES string of the molecule is CC(C)c1ccc(NC(=O)C(=O)NCC2(O)CCc3ccccc3C2)cc1. The fourth-order valence-corrected chi connectivity index (χ4v) is 3.40. The molecule has 2 aromatic rings. The number of aryl methyl sites for hydroxylation is 1. The van der Waals surface area contributed by atoms with Crippen LogP contribution in [0.3, 0.4) is 0 Å². The Balaban J connectivity index is 1.53. The molecule has 2 aromatic carbocycles. The number of aliphatic hydroxyl groups is 1. The first-order chi connectivity index (χ1) is 12.9. The number of rotatable bonds is 4. The van der Waals surface area contributed by atoms with E-state index in [1.165, 1.54) is 5.56 Å². The number of hydrogen-bond donors (Lipinski definition) is 3. The third kappa shape index (κ3) is 4.74. The van der Waals surface area contributed by atoms with Gasteiger partial charge in [0.1, 0.15) is 0 Å². The van der Waals surface area contributed by atoms with E-state index in [0.29, 0.717) is 24.4 Å². The third-order valence-electron chi connectivity index (χ3n) is 5.12. The molecule has 5 nitrogen and oxygen atoms in total. The van der Waals surface area contributed by atoms with Crippen molar-refractivity contribution in [3.05, 3.63) is 65.2 Å². The fraction of sp³-hybridized carbons (Fsp3) is 0.364. The van der Waals surface area contributed by atoms with Gasteiger partial charge in [0, 0.05) is 18.7 Å². The highest BCUT2D eigenvalue weighted by Gasteiger charge is 2.32. The zero-order chi connectivity index (χ0) is 19.4. The molecule has 1 unspecified atom stereocenters. The van der Waals surface area contributed by atoms with Crippen molar-refractivity contribution < 1.29 is 14.7 Å². The van der Waals surface area contributed by atoms with Crippen LogP contribution in [0, 0.1) is 0 Å². The van der Waals surface area contributed by atoms with Crippen LogP contribution in [0.5, 0.6) is 0 Å². The van der Waals surface area contributed by atoms with Crippen molar-refractivity contribution in [2.75, 3.05) is 11.9 Å². The Labute approximate surface area is 159 Å². The van der Waals surface area contributed by atoms with E-state index in [0.717, 1.165) is 17.5 Å². The van der Waals surface area contributed by atoms with Gasteiger partial charge in [0.25, 0.3) is 0 Å². The standard InChI is InChI=1S/C22H26N2O3/c1-15(2)16-7-9-19(10-8-16)24-21(26)20(25)23-14-22(27)12-11-17-5-3-4-6-18(17)13-22/h3-10,15,27H,11-14H2,1-2H3,(H,23,25)(H,24,26). The van der Waals surface area contributed by atoms with Gasteiger partial charge < -0.3 is 15.7 Å². The van der Waals surface area contributed by atoms with Crippen LogP contribution in [0.15, 0.2) is 48.5 Å². The molecule has 27 heavy (non-hydrogen) atoms. The first-order valence-corrected chi connectivity index (χ1v) is 9.35. The molecule has 3 rings (SSSR count).